The molecule has 2 unspecified atom stereocenters. The molecule has 0 saturated carbocycles. The van der Waals surface area contributed by atoms with Crippen LogP contribution >= 0.6 is 0 Å². The van der Waals surface area contributed by atoms with Crippen LogP contribution in [0.5, 0.6) is 0 Å². The average Bonchev–Trinajstić information content (AvgIpc) is 2.92. The average molecular weight is 281 g/mol. The SMILES string of the molecule is CCC(C)(C)NC(=O)CN1CCCC(C2CCCN2)C1. The number of amides is 1. The number of hydrogen-bond donors (Lipinski definition) is 2. The fourth-order valence-corrected chi connectivity index (χ4v) is 3.39. The third kappa shape index (κ3) is 4.45. The van der Waals surface area contributed by atoms with E-state index >= 15 is 0 Å². The summed E-state index contributed by atoms with van der Waals surface area (Å²) in [5.41, 5.74) is -0.0840. The van der Waals surface area contributed by atoms with Gasteiger partial charge in [-0.25, -0.2) is 0 Å². The normalized spacial score (nSPS) is 28.6. The lowest BCUT2D eigenvalue weighted by molar-refractivity contribution is -0.124. The van der Waals surface area contributed by atoms with Gasteiger partial charge in [-0.15, -0.1) is 0 Å². The van der Waals surface area contributed by atoms with Crippen LogP contribution in [0.3, 0.4) is 0 Å². The lowest BCUT2D eigenvalue weighted by Gasteiger charge is -2.36. The van der Waals surface area contributed by atoms with Gasteiger partial charge in [0.15, 0.2) is 0 Å². The van der Waals surface area contributed by atoms with Gasteiger partial charge in [-0.1, -0.05) is 6.92 Å². The molecule has 0 aromatic carbocycles. The maximum absolute atomic E-state index is 12.1. The fraction of sp³-hybridized carbons (Fsp3) is 0.938. The lowest BCUT2D eigenvalue weighted by Crippen LogP contribution is -2.50. The third-order valence-electron chi connectivity index (χ3n) is 4.94. The molecule has 2 atom stereocenters. The highest BCUT2D eigenvalue weighted by Gasteiger charge is 2.30. The summed E-state index contributed by atoms with van der Waals surface area (Å²) < 4.78 is 0. The lowest BCUT2D eigenvalue weighted by atomic mass is 9.90. The molecule has 2 N–H and O–H groups in total. The minimum absolute atomic E-state index is 0.0840. The summed E-state index contributed by atoms with van der Waals surface area (Å²) in [5.74, 6) is 0.912. The van der Waals surface area contributed by atoms with Crippen LogP contribution in [0.2, 0.25) is 0 Å². The van der Waals surface area contributed by atoms with Gasteiger partial charge < -0.3 is 10.6 Å². The fourth-order valence-electron chi connectivity index (χ4n) is 3.39. The third-order valence-corrected chi connectivity index (χ3v) is 4.94. The molecular weight excluding hydrogens is 250 g/mol. The quantitative estimate of drug-likeness (QED) is 0.807. The van der Waals surface area contributed by atoms with Crippen LogP contribution in [-0.2, 0) is 4.79 Å². The van der Waals surface area contributed by atoms with Gasteiger partial charge in [0.2, 0.25) is 5.91 Å². The van der Waals surface area contributed by atoms with Crippen molar-refractivity contribution in [1.82, 2.24) is 15.5 Å². The highest BCUT2D eigenvalue weighted by atomic mass is 16.2. The van der Waals surface area contributed by atoms with Crippen molar-refractivity contribution in [3.63, 3.8) is 0 Å². The van der Waals surface area contributed by atoms with E-state index < -0.39 is 0 Å². The van der Waals surface area contributed by atoms with Gasteiger partial charge in [-0.05, 0) is 65.0 Å². The first kappa shape index (κ1) is 15.8. The summed E-state index contributed by atoms with van der Waals surface area (Å²) in [6.45, 7) is 10.2. The molecule has 0 aromatic heterocycles. The van der Waals surface area contributed by atoms with Crippen molar-refractivity contribution < 1.29 is 4.79 Å². The molecule has 0 bridgehead atoms. The van der Waals surface area contributed by atoms with E-state index in [0.717, 1.165) is 25.4 Å². The molecule has 0 aliphatic carbocycles. The molecule has 2 aliphatic heterocycles. The molecule has 2 saturated heterocycles. The number of rotatable bonds is 5. The first-order chi connectivity index (χ1) is 9.50. The number of nitrogens with one attached hydrogen (secondary N) is 2. The van der Waals surface area contributed by atoms with Crippen LogP contribution in [0.4, 0.5) is 0 Å². The van der Waals surface area contributed by atoms with Gasteiger partial charge in [-0.3, -0.25) is 9.69 Å². The van der Waals surface area contributed by atoms with E-state index in [1.165, 1.54) is 32.2 Å². The number of piperidine rings is 1. The Morgan fingerprint density at radius 3 is 2.80 bits per heavy atom. The van der Waals surface area contributed by atoms with Crippen molar-refractivity contribution in [2.24, 2.45) is 5.92 Å². The minimum Gasteiger partial charge on any atom is -0.350 e. The van der Waals surface area contributed by atoms with Crippen molar-refractivity contribution in [3.05, 3.63) is 0 Å². The molecule has 0 radical (unpaired) electrons. The van der Waals surface area contributed by atoms with Crippen molar-refractivity contribution in [2.45, 2.75) is 64.5 Å². The van der Waals surface area contributed by atoms with Crippen molar-refractivity contribution in [2.75, 3.05) is 26.2 Å². The van der Waals surface area contributed by atoms with Gasteiger partial charge in [0.25, 0.3) is 0 Å². The molecule has 1 amide bonds. The van der Waals surface area contributed by atoms with Crippen molar-refractivity contribution in [3.8, 4) is 0 Å². The summed E-state index contributed by atoms with van der Waals surface area (Å²) in [7, 11) is 0. The highest BCUT2D eigenvalue weighted by Crippen LogP contribution is 2.24. The van der Waals surface area contributed by atoms with Gasteiger partial charge in [0, 0.05) is 18.1 Å². The van der Waals surface area contributed by atoms with Crippen LogP contribution < -0.4 is 10.6 Å². The van der Waals surface area contributed by atoms with Crippen LogP contribution in [0.15, 0.2) is 0 Å². The molecule has 2 heterocycles. The zero-order valence-electron chi connectivity index (χ0n) is 13.4. The first-order valence-electron chi connectivity index (χ1n) is 8.27. The Balaban J connectivity index is 1.79. The van der Waals surface area contributed by atoms with E-state index in [1.807, 2.05) is 0 Å². The molecule has 0 spiro atoms. The first-order valence-corrected chi connectivity index (χ1v) is 8.27. The van der Waals surface area contributed by atoms with Gasteiger partial charge >= 0.3 is 0 Å². The standard InChI is InChI=1S/C16H31N3O/c1-4-16(2,3)18-15(20)12-19-10-6-7-13(11-19)14-8-5-9-17-14/h13-14,17H,4-12H2,1-3H3,(H,18,20). The van der Waals surface area contributed by atoms with Crippen LogP contribution in [0.1, 0.15) is 52.9 Å². The molecule has 4 nitrogen and oxygen atoms in total. The minimum atomic E-state index is -0.0840. The van der Waals surface area contributed by atoms with E-state index in [9.17, 15) is 4.79 Å². The molecule has 116 valence electrons. The van der Waals surface area contributed by atoms with E-state index in [2.05, 4.69) is 36.3 Å². The summed E-state index contributed by atoms with van der Waals surface area (Å²) in [6, 6.07) is 0.688. The van der Waals surface area contributed by atoms with Crippen LogP contribution in [-0.4, -0.2) is 48.6 Å². The van der Waals surface area contributed by atoms with E-state index in [4.69, 9.17) is 0 Å². The Labute approximate surface area is 123 Å². The predicted octanol–water partition coefficient (Wildman–Crippen LogP) is 1.76. The monoisotopic (exact) mass is 281 g/mol. The van der Waals surface area contributed by atoms with Crippen molar-refractivity contribution >= 4 is 5.91 Å². The number of hydrogen-bond acceptors (Lipinski definition) is 3. The van der Waals surface area contributed by atoms with E-state index in [1.54, 1.807) is 0 Å². The predicted molar refractivity (Wildman–Crippen MR) is 82.7 cm³/mol. The summed E-state index contributed by atoms with van der Waals surface area (Å²) in [6.07, 6.45) is 6.14. The molecule has 2 aliphatic rings. The molecule has 2 rings (SSSR count). The van der Waals surface area contributed by atoms with Crippen LogP contribution in [0.25, 0.3) is 0 Å². The van der Waals surface area contributed by atoms with Crippen molar-refractivity contribution in [1.29, 1.82) is 0 Å². The van der Waals surface area contributed by atoms with Gasteiger partial charge in [0.05, 0.1) is 6.54 Å². The topological polar surface area (TPSA) is 44.4 Å². The second-order valence-electron chi connectivity index (χ2n) is 7.13. The van der Waals surface area contributed by atoms with E-state index in [-0.39, 0.29) is 11.4 Å². The summed E-state index contributed by atoms with van der Waals surface area (Å²) in [5, 5.41) is 6.76. The number of likely N-dealkylation sites (tertiary alicyclic amines) is 1. The summed E-state index contributed by atoms with van der Waals surface area (Å²) >= 11 is 0. The second-order valence-corrected chi connectivity index (χ2v) is 7.13. The number of carbonyl (C=O) groups excluding carboxylic acids is 1. The number of carbonyl (C=O) groups is 1. The highest BCUT2D eigenvalue weighted by molar-refractivity contribution is 5.78. The van der Waals surface area contributed by atoms with Gasteiger partial charge in [-0.2, -0.15) is 0 Å². The Morgan fingerprint density at radius 1 is 1.35 bits per heavy atom. The molecule has 4 heteroatoms. The maximum atomic E-state index is 12.1. The smallest absolute Gasteiger partial charge is 0.234 e. The zero-order valence-corrected chi connectivity index (χ0v) is 13.4. The Hall–Kier alpha value is -0.610. The maximum Gasteiger partial charge on any atom is 0.234 e. The Bertz CT molecular complexity index is 324. The van der Waals surface area contributed by atoms with Gasteiger partial charge in [0.1, 0.15) is 0 Å². The molecule has 2 fully saturated rings. The number of nitrogens with zero attached hydrogens (tertiary/aromatic N) is 1. The largest absolute Gasteiger partial charge is 0.350 e. The Morgan fingerprint density at radius 2 is 2.15 bits per heavy atom. The van der Waals surface area contributed by atoms with E-state index in [0.29, 0.717) is 12.6 Å². The Kier molecular flexibility index (Phi) is 5.44. The molecule has 20 heavy (non-hydrogen) atoms. The second kappa shape index (κ2) is 6.90. The zero-order chi connectivity index (χ0) is 14.6. The summed E-state index contributed by atoms with van der Waals surface area (Å²) in [4.78, 5) is 14.5. The molecule has 0 aromatic rings. The molecular formula is C16H31N3O. The van der Waals surface area contributed by atoms with Crippen LogP contribution in [0, 0.1) is 5.92 Å².